The number of carbonyl (C=O) groups is 1. The second kappa shape index (κ2) is 6.41. The van der Waals surface area contributed by atoms with Gasteiger partial charge < -0.3 is 4.90 Å². The first-order valence-electron chi connectivity index (χ1n) is 6.52. The quantitative estimate of drug-likeness (QED) is 0.872. The van der Waals surface area contributed by atoms with Gasteiger partial charge in [0, 0.05) is 30.5 Å². The molecule has 0 saturated carbocycles. The third kappa shape index (κ3) is 4.02. The van der Waals surface area contributed by atoms with Crippen molar-refractivity contribution in [2.24, 2.45) is 0 Å². The van der Waals surface area contributed by atoms with Gasteiger partial charge in [-0.15, -0.1) is 0 Å². The Morgan fingerprint density at radius 2 is 2.00 bits per heavy atom. The van der Waals surface area contributed by atoms with Crippen molar-refractivity contribution in [2.75, 3.05) is 13.1 Å². The van der Waals surface area contributed by atoms with Crippen LogP contribution in [0.5, 0.6) is 0 Å². The lowest BCUT2D eigenvalue weighted by Gasteiger charge is -2.31. The first kappa shape index (κ1) is 16.4. The summed E-state index contributed by atoms with van der Waals surface area (Å²) in [7, 11) is -3.89. The van der Waals surface area contributed by atoms with Gasteiger partial charge in [-0.2, -0.15) is 0 Å². The van der Waals surface area contributed by atoms with E-state index in [0.29, 0.717) is 30.4 Å². The Kier molecular flexibility index (Phi) is 5.00. The Morgan fingerprint density at radius 1 is 1.38 bits per heavy atom. The molecule has 0 aromatic heterocycles. The molecule has 1 fully saturated rings. The van der Waals surface area contributed by atoms with Crippen molar-refractivity contribution in [2.45, 2.75) is 30.7 Å². The van der Waals surface area contributed by atoms with E-state index in [9.17, 15) is 17.6 Å². The highest BCUT2D eigenvalue weighted by Crippen LogP contribution is 2.21. The van der Waals surface area contributed by atoms with E-state index in [1.54, 1.807) is 4.90 Å². The van der Waals surface area contributed by atoms with E-state index < -0.39 is 15.8 Å². The van der Waals surface area contributed by atoms with Crippen molar-refractivity contribution in [1.82, 2.24) is 9.62 Å². The number of benzene rings is 1. The van der Waals surface area contributed by atoms with Gasteiger partial charge in [0.2, 0.25) is 15.9 Å². The Bertz CT molecular complexity index is 643. The summed E-state index contributed by atoms with van der Waals surface area (Å²) < 4.78 is 41.2. The summed E-state index contributed by atoms with van der Waals surface area (Å²) in [5.74, 6) is -0.812. The van der Waals surface area contributed by atoms with Crippen LogP contribution in [0, 0.1) is 5.82 Å². The van der Waals surface area contributed by atoms with E-state index in [1.807, 2.05) is 0 Å². The molecule has 5 nitrogen and oxygen atoms in total. The van der Waals surface area contributed by atoms with Crippen molar-refractivity contribution in [3.8, 4) is 0 Å². The second-order valence-electron chi connectivity index (χ2n) is 4.98. The van der Waals surface area contributed by atoms with Crippen LogP contribution in [0.1, 0.15) is 19.8 Å². The fraction of sp³-hybridized carbons (Fsp3) is 0.462. The van der Waals surface area contributed by atoms with E-state index in [0.717, 1.165) is 6.07 Å². The van der Waals surface area contributed by atoms with Crippen LogP contribution in [0.4, 0.5) is 4.39 Å². The van der Waals surface area contributed by atoms with Crippen LogP contribution in [-0.2, 0) is 14.8 Å². The molecule has 0 radical (unpaired) electrons. The van der Waals surface area contributed by atoms with Gasteiger partial charge in [-0.1, -0.05) is 15.9 Å². The van der Waals surface area contributed by atoms with Gasteiger partial charge >= 0.3 is 0 Å². The van der Waals surface area contributed by atoms with Crippen molar-refractivity contribution in [3.05, 3.63) is 28.5 Å². The summed E-state index contributed by atoms with van der Waals surface area (Å²) in [6.07, 6.45) is 1.05. The average molecular weight is 379 g/mol. The zero-order chi connectivity index (χ0) is 15.6. The van der Waals surface area contributed by atoms with Crippen LogP contribution < -0.4 is 4.72 Å². The van der Waals surface area contributed by atoms with Crippen molar-refractivity contribution in [1.29, 1.82) is 0 Å². The number of hydrogen-bond acceptors (Lipinski definition) is 3. The van der Waals surface area contributed by atoms with E-state index in [2.05, 4.69) is 20.7 Å². The predicted molar refractivity (Wildman–Crippen MR) is 79.7 cm³/mol. The zero-order valence-electron chi connectivity index (χ0n) is 11.5. The molecule has 116 valence electrons. The molecule has 2 rings (SSSR count). The fourth-order valence-electron chi connectivity index (χ4n) is 2.29. The lowest BCUT2D eigenvalue weighted by atomic mass is 10.1. The summed E-state index contributed by atoms with van der Waals surface area (Å²) >= 11 is 3.09. The Morgan fingerprint density at radius 3 is 2.52 bits per heavy atom. The summed E-state index contributed by atoms with van der Waals surface area (Å²) in [6, 6.07) is 3.55. The Hall–Kier alpha value is -0.990. The van der Waals surface area contributed by atoms with Gasteiger partial charge in [-0.25, -0.2) is 17.5 Å². The number of halogens is 2. The molecule has 0 spiro atoms. The molecule has 0 aliphatic carbocycles. The van der Waals surface area contributed by atoms with Crippen LogP contribution in [0.3, 0.4) is 0 Å². The first-order chi connectivity index (χ1) is 9.79. The predicted octanol–water partition coefficient (Wildman–Crippen LogP) is 1.88. The molecule has 21 heavy (non-hydrogen) atoms. The van der Waals surface area contributed by atoms with E-state index >= 15 is 0 Å². The number of sulfonamides is 1. The molecule has 1 aromatic rings. The zero-order valence-corrected chi connectivity index (χ0v) is 13.9. The molecule has 1 aliphatic rings. The second-order valence-corrected chi connectivity index (χ2v) is 7.57. The van der Waals surface area contributed by atoms with Crippen molar-refractivity contribution < 1.29 is 17.6 Å². The smallest absolute Gasteiger partial charge is 0.243 e. The first-order valence-corrected chi connectivity index (χ1v) is 8.80. The number of carbonyl (C=O) groups excluding carboxylic acids is 1. The lowest BCUT2D eigenvalue weighted by molar-refractivity contribution is -0.129. The molecule has 1 aromatic carbocycles. The van der Waals surface area contributed by atoms with Gasteiger partial charge in [-0.3, -0.25) is 4.79 Å². The number of piperidine rings is 1. The van der Waals surface area contributed by atoms with Gasteiger partial charge in [0.1, 0.15) is 10.7 Å². The fourth-order valence-corrected chi connectivity index (χ4v) is 3.99. The van der Waals surface area contributed by atoms with Crippen LogP contribution in [0.15, 0.2) is 27.6 Å². The molecule has 1 heterocycles. The van der Waals surface area contributed by atoms with E-state index in [1.165, 1.54) is 19.1 Å². The molecular weight excluding hydrogens is 363 g/mol. The molecule has 1 saturated heterocycles. The van der Waals surface area contributed by atoms with Crippen molar-refractivity contribution in [3.63, 3.8) is 0 Å². The number of hydrogen-bond donors (Lipinski definition) is 1. The molecule has 1 aliphatic heterocycles. The topological polar surface area (TPSA) is 66.5 Å². The molecule has 8 heteroatoms. The normalized spacial score (nSPS) is 17.0. The molecule has 0 unspecified atom stereocenters. The number of nitrogens with zero attached hydrogens (tertiary/aromatic N) is 1. The van der Waals surface area contributed by atoms with E-state index in [-0.39, 0.29) is 16.8 Å². The summed E-state index contributed by atoms with van der Waals surface area (Å²) in [5, 5.41) is 0. The maximum atomic E-state index is 13.8. The Labute approximate surface area is 131 Å². The average Bonchev–Trinajstić information content (AvgIpc) is 2.38. The Balaban J connectivity index is 2.07. The number of amides is 1. The third-order valence-electron chi connectivity index (χ3n) is 3.45. The largest absolute Gasteiger partial charge is 0.343 e. The standard InChI is InChI=1S/C13H16BrFN2O3S/c1-9(18)17-6-4-11(5-7-17)16-21(19,20)13-3-2-10(14)8-12(13)15/h2-3,8,11,16H,4-7H2,1H3. The SMILES string of the molecule is CC(=O)N1CCC(NS(=O)(=O)c2ccc(Br)cc2F)CC1. The highest BCUT2D eigenvalue weighted by atomic mass is 79.9. The van der Waals surface area contributed by atoms with Crippen LogP contribution in [0.2, 0.25) is 0 Å². The number of nitrogens with one attached hydrogen (secondary N) is 1. The van der Waals surface area contributed by atoms with Gasteiger partial charge in [0.25, 0.3) is 0 Å². The van der Waals surface area contributed by atoms with Gasteiger partial charge in [0.05, 0.1) is 0 Å². The van der Waals surface area contributed by atoms with Crippen molar-refractivity contribution >= 4 is 31.9 Å². The minimum atomic E-state index is -3.89. The molecule has 0 atom stereocenters. The third-order valence-corrected chi connectivity index (χ3v) is 5.49. The lowest BCUT2D eigenvalue weighted by Crippen LogP contribution is -2.46. The van der Waals surface area contributed by atoms with Crippen LogP contribution in [0.25, 0.3) is 0 Å². The number of likely N-dealkylation sites (tertiary alicyclic amines) is 1. The monoisotopic (exact) mass is 378 g/mol. The maximum Gasteiger partial charge on any atom is 0.243 e. The van der Waals surface area contributed by atoms with E-state index in [4.69, 9.17) is 0 Å². The van der Waals surface area contributed by atoms with Crippen LogP contribution >= 0.6 is 15.9 Å². The van der Waals surface area contributed by atoms with Gasteiger partial charge in [0.15, 0.2) is 0 Å². The summed E-state index contributed by atoms with van der Waals surface area (Å²) in [6.45, 7) is 2.50. The minimum Gasteiger partial charge on any atom is -0.343 e. The van der Waals surface area contributed by atoms with Gasteiger partial charge in [-0.05, 0) is 31.0 Å². The van der Waals surface area contributed by atoms with Crippen LogP contribution in [-0.4, -0.2) is 38.4 Å². The highest BCUT2D eigenvalue weighted by molar-refractivity contribution is 9.10. The summed E-state index contributed by atoms with van der Waals surface area (Å²) in [5.41, 5.74) is 0. The number of rotatable bonds is 3. The minimum absolute atomic E-state index is 0.0183. The summed E-state index contributed by atoms with van der Waals surface area (Å²) in [4.78, 5) is 12.5. The highest BCUT2D eigenvalue weighted by Gasteiger charge is 2.27. The molecule has 1 amide bonds. The molecule has 0 bridgehead atoms. The molecule has 1 N–H and O–H groups in total. The molecular formula is C13H16BrFN2O3S. The maximum absolute atomic E-state index is 13.8.